The number of benzene rings is 1. The van der Waals surface area contributed by atoms with E-state index in [1.165, 1.54) is 0 Å². The van der Waals surface area contributed by atoms with Crippen LogP contribution in [0.3, 0.4) is 0 Å². The summed E-state index contributed by atoms with van der Waals surface area (Å²) in [5, 5.41) is 6.20. The van der Waals surface area contributed by atoms with Crippen molar-refractivity contribution in [1.82, 2.24) is 0 Å². The number of rotatable bonds is 9. The van der Waals surface area contributed by atoms with Crippen LogP contribution in [-0.4, -0.2) is 39.1 Å². The number of para-hydroxylation sites is 2. The van der Waals surface area contributed by atoms with Gasteiger partial charge in [0.2, 0.25) is 5.69 Å². The number of aryl methyl sites for hydroxylation is 1. The number of anilines is 1. The Kier molecular flexibility index (Phi) is 7.11. The SMILES string of the molecule is COc1ccccc1N(C)N=Cc1cccc[n+]1CCCCS(=O)(=O)O. The molecule has 140 valence electrons. The molecule has 0 spiro atoms. The Morgan fingerprint density at radius 3 is 2.65 bits per heavy atom. The van der Waals surface area contributed by atoms with E-state index in [-0.39, 0.29) is 5.75 Å². The molecule has 1 heterocycles. The summed E-state index contributed by atoms with van der Waals surface area (Å²) in [5.74, 6) is 0.513. The number of nitrogens with zero attached hydrogens (tertiary/aromatic N) is 3. The monoisotopic (exact) mass is 378 g/mol. The van der Waals surface area contributed by atoms with Crippen LogP contribution >= 0.6 is 0 Å². The summed E-state index contributed by atoms with van der Waals surface area (Å²) in [6, 6.07) is 13.4. The molecule has 1 aromatic heterocycles. The smallest absolute Gasteiger partial charge is 0.264 e. The van der Waals surface area contributed by atoms with Gasteiger partial charge in [-0.25, -0.2) is 0 Å². The summed E-state index contributed by atoms with van der Waals surface area (Å²) in [6.07, 6.45) is 4.70. The van der Waals surface area contributed by atoms with Crippen molar-refractivity contribution in [3.8, 4) is 5.75 Å². The zero-order valence-corrected chi connectivity index (χ0v) is 15.8. The summed E-state index contributed by atoms with van der Waals surface area (Å²) in [4.78, 5) is 0. The number of hydrogen-bond acceptors (Lipinski definition) is 5. The first-order valence-corrected chi connectivity index (χ1v) is 9.86. The highest BCUT2D eigenvalue weighted by molar-refractivity contribution is 7.85. The zero-order chi connectivity index (χ0) is 19.0. The van der Waals surface area contributed by atoms with Crippen molar-refractivity contribution in [1.29, 1.82) is 0 Å². The third-order valence-corrected chi connectivity index (χ3v) is 4.63. The predicted octanol–water partition coefficient (Wildman–Crippen LogP) is 2.12. The lowest BCUT2D eigenvalue weighted by Gasteiger charge is -2.15. The number of pyridine rings is 1. The highest BCUT2D eigenvalue weighted by atomic mass is 32.2. The molecule has 0 atom stereocenters. The van der Waals surface area contributed by atoms with E-state index in [9.17, 15) is 8.42 Å². The molecular weight excluding hydrogens is 354 g/mol. The maximum atomic E-state index is 10.8. The largest absolute Gasteiger partial charge is 0.495 e. The molecule has 0 aliphatic heterocycles. The molecule has 0 aliphatic rings. The predicted molar refractivity (Wildman–Crippen MR) is 101 cm³/mol. The minimum Gasteiger partial charge on any atom is -0.495 e. The quantitative estimate of drug-likeness (QED) is 0.238. The lowest BCUT2D eigenvalue weighted by Crippen LogP contribution is -2.38. The standard InChI is InChI=1S/C18H23N3O4S/c1-20(17-10-3-4-11-18(17)25-2)19-15-16-9-5-6-12-21(16)13-7-8-14-26(22,23)24/h3-6,9-12,15H,7-8,13-14H2,1-2H3/p+1. The van der Waals surface area contributed by atoms with Crippen LogP contribution in [0.4, 0.5) is 5.69 Å². The van der Waals surface area contributed by atoms with Gasteiger partial charge in [0.05, 0.1) is 12.9 Å². The molecule has 0 amide bonds. The van der Waals surface area contributed by atoms with E-state index in [1.807, 2.05) is 60.3 Å². The second-order valence-corrected chi connectivity index (χ2v) is 7.32. The first-order valence-electron chi connectivity index (χ1n) is 8.25. The molecule has 0 unspecified atom stereocenters. The molecule has 0 aliphatic carbocycles. The number of methoxy groups -OCH3 is 1. The first-order chi connectivity index (χ1) is 12.4. The number of hydrazone groups is 1. The zero-order valence-electron chi connectivity index (χ0n) is 14.9. The van der Waals surface area contributed by atoms with Crippen molar-refractivity contribution in [2.45, 2.75) is 19.4 Å². The van der Waals surface area contributed by atoms with Crippen LogP contribution in [0.25, 0.3) is 0 Å². The number of hydrogen-bond donors (Lipinski definition) is 1. The Morgan fingerprint density at radius 2 is 1.92 bits per heavy atom. The van der Waals surface area contributed by atoms with E-state index in [1.54, 1.807) is 18.3 Å². The van der Waals surface area contributed by atoms with E-state index < -0.39 is 10.1 Å². The molecular formula is C18H24N3O4S+. The third kappa shape index (κ3) is 6.12. The van der Waals surface area contributed by atoms with Crippen molar-refractivity contribution in [2.75, 3.05) is 24.9 Å². The maximum absolute atomic E-state index is 10.8. The summed E-state index contributed by atoms with van der Waals surface area (Å²) in [7, 11) is -0.441. The van der Waals surface area contributed by atoms with Gasteiger partial charge in [0.15, 0.2) is 6.20 Å². The van der Waals surface area contributed by atoms with Gasteiger partial charge in [-0.15, -0.1) is 0 Å². The van der Waals surface area contributed by atoms with Gasteiger partial charge in [-0.1, -0.05) is 12.1 Å². The molecule has 8 heteroatoms. The van der Waals surface area contributed by atoms with Crippen LogP contribution in [0, 0.1) is 0 Å². The van der Waals surface area contributed by atoms with Gasteiger partial charge < -0.3 is 4.74 Å². The molecule has 0 saturated heterocycles. The van der Waals surface area contributed by atoms with Crippen molar-refractivity contribution in [3.63, 3.8) is 0 Å². The van der Waals surface area contributed by atoms with Gasteiger partial charge in [0, 0.05) is 25.6 Å². The molecule has 7 nitrogen and oxygen atoms in total. The van der Waals surface area contributed by atoms with E-state index >= 15 is 0 Å². The van der Waals surface area contributed by atoms with Gasteiger partial charge in [-0.05, 0) is 24.6 Å². The highest BCUT2D eigenvalue weighted by Gasteiger charge is 2.10. The number of aromatic nitrogens is 1. The van der Waals surface area contributed by atoms with Gasteiger partial charge in [0.25, 0.3) is 10.1 Å². The van der Waals surface area contributed by atoms with Gasteiger partial charge in [-0.2, -0.15) is 18.1 Å². The van der Waals surface area contributed by atoms with Crippen molar-refractivity contribution >= 4 is 22.0 Å². The molecule has 26 heavy (non-hydrogen) atoms. The topological polar surface area (TPSA) is 83.1 Å². The minimum absolute atomic E-state index is 0.222. The lowest BCUT2D eigenvalue weighted by atomic mass is 10.3. The fourth-order valence-electron chi connectivity index (χ4n) is 2.48. The van der Waals surface area contributed by atoms with Crippen molar-refractivity contribution in [3.05, 3.63) is 54.4 Å². The molecule has 0 radical (unpaired) electrons. The fourth-order valence-corrected chi connectivity index (χ4v) is 3.05. The normalized spacial score (nSPS) is 11.7. The number of unbranched alkanes of at least 4 members (excludes halogenated alkanes) is 1. The second kappa shape index (κ2) is 9.30. The molecule has 2 aromatic rings. The summed E-state index contributed by atoms with van der Waals surface area (Å²) in [5.41, 5.74) is 1.74. The first kappa shape index (κ1) is 19.9. The molecule has 0 fully saturated rings. The van der Waals surface area contributed by atoms with Gasteiger partial charge in [0.1, 0.15) is 24.2 Å². The van der Waals surface area contributed by atoms with Crippen LogP contribution in [-0.2, 0) is 16.7 Å². The minimum atomic E-state index is -3.90. The van der Waals surface area contributed by atoms with Crippen molar-refractivity contribution < 1.29 is 22.3 Å². The van der Waals surface area contributed by atoms with Crippen LogP contribution in [0.1, 0.15) is 18.5 Å². The molecule has 0 bridgehead atoms. The highest BCUT2D eigenvalue weighted by Crippen LogP contribution is 2.26. The van der Waals surface area contributed by atoms with Crippen LogP contribution in [0.2, 0.25) is 0 Å². The fraction of sp³-hybridized carbons (Fsp3) is 0.333. The Hall–Kier alpha value is -2.45. The molecule has 1 N–H and O–H groups in total. The van der Waals surface area contributed by atoms with E-state index in [4.69, 9.17) is 9.29 Å². The summed E-state index contributed by atoms with van der Waals surface area (Å²) >= 11 is 0. The van der Waals surface area contributed by atoms with E-state index in [2.05, 4.69) is 5.10 Å². The van der Waals surface area contributed by atoms with Crippen LogP contribution < -0.4 is 14.3 Å². The lowest BCUT2D eigenvalue weighted by molar-refractivity contribution is -0.698. The summed E-state index contributed by atoms with van der Waals surface area (Å²) in [6.45, 7) is 0.635. The third-order valence-electron chi connectivity index (χ3n) is 3.82. The van der Waals surface area contributed by atoms with E-state index in [0.29, 0.717) is 19.4 Å². The molecule has 1 aromatic carbocycles. The number of ether oxygens (including phenoxy) is 1. The second-order valence-electron chi connectivity index (χ2n) is 5.75. The Bertz CT molecular complexity index is 853. The Morgan fingerprint density at radius 1 is 1.19 bits per heavy atom. The summed E-state index contributed by atoms with van der Waals surface area (Å²) < 4.78 is 37.7. The maximum Gasteiger partial charge on any atom is 0.264 e. The van der Waals surface area contributed by atoms with Gasteiger partial charge >= 0.3 is 0 Å². The average Bonchev–Trinajstić information content (AvgIpc) is 2.63. The van der Waals surface area contributed by atoms with E-state index in [0.717, 1.165) is 17.1 Å². The van der Waals surface area contributed by atoms with Crippen molar-refractivity contribution in [2.24, 2.45) is 5.10 Å². The Balaban J connectivity index is 2.06. The molecule has 0 saturated carbocycles. The average molecular weight is 378 g/mol. The van der Waals surface area contributed by atoms with Crippen LogP contribution in [0.15, 0.2) is 53.8 Å². The Labute approximate surface area is 154 Å². The van der Waals surface area contributed by atoms with Crippen LogP contribution in [0.5, 0.6) is 5.75 Å². The molecule has 2 rings (SSSR count). The van der Waals surface area contributed by atoms with Gasteiger partial charge in [-0.3, -0.25) is 9.56 Å².